The third kappa shape index (κ3) is 10.9. The Hall–Kier alpha value is -5.29. The van der Waals surface area contributed by atoms with E-state index in [1.54, 1.807) is 30.5 Å². The highest BCUT2D eigenvalue weighted by Crippen LogP contribution is 2.31. The predicted molar refractivity (Wildman–Crippen MR) is 206 cm³/mol. The van der Waals surface area contributed by atoms with Gasteiger partial charge in [-0.2, -0.15) is 0 Å². The summed E-state index contributed by atoms with van der Waals surface area (Å²) in [6.07, 6.45) is 8.72. The van der Waals surface area contributed by atoms with Crippen molar-refractivity contribution >= 4 is 23.4 Å². The van der Waals surface area contributed by atoms with Gasteiger partial charge < -0.3 is 25.0 Å². The number of para-hydroxylation sites is 1. The molecule has 8 rings (SSSR count). The van der Waals surface area contributed by atoms with Crippen molar-refractivity contribution < 1.29 is 28.6 Å². The van der Waals surface area contributed by atoms with Gasteiger partial charge in [-0.05, 0) is 105 Å². The molecule has 11 heteroatoms. The predicted octanol–water partition coefficient (Wildman–Crippen LogP) is 6.26. The van der Waals surface area contributed by atoms with E-state index in [0.717, 1.165) is 94.9 Å². The maximum Gasteiger partial charge on any atom is 0.270 e. The number of rotatable bonds is 6. The van der Waals surface area contributed by atoms with E-state index in [9.17, 15) is 18.8 Å². The molecule has 3 aromatic carbocycles. The number of carbonyl (C=O) groups excluding carboxylic acids is 3. The molecular formula is C43H50FN5O5. The van der Waals surface area contributed by atoms with Crippen LogP contribution in [0.25, 0.3) is 0 Å². The molecule has 1 aromatic heterocycles. The zero-order valence-corrected chi connectivity index (χ0v) is 30.7. The van der Waals surface area contributed by atoms with E-state index in [0.29, 0.717) is 18.3 Å². The molecule has 4 aliphatic heterocycles. The Labute approximate surface area is 316 Å². The Morgan fingerprint density at radius 1 is 0.870 bits per heavy atom. The summed E-state index contributed by atoms with van der Waals surface area (Å²) in [5, 5.41) is 14.0. The van der Waals surface area contributed by atoms with Crippen molar-refractivity contribution in [3.63, 3.8) is 0 Å². The molecule has 1 atom stereocenters. The number of anilines is 1. The number of aromatic nitrogens is 1. The van der Waals surface area contributed by atoms with E-state index in [2.05, 4.69) is 25.4 Å². The second-order valence-electron chi connectivity index (χ2n) is 14.3. The molecule has 5 heterocycles. The van der Waals surface area contributed by atoms with Gasteiger partial charge in [-0.25, -0.2) is 4.39 Å². The lowest BCUT2D eigenvalue weighted by Gasteiger charge is -2.38. The van der Waals surface area contributed by atoms with Crippen LogP contribution in [-0.4, -0.2) is 78.1 Å². The summed E-state index contributed by atoms with van der Waals surface area (Å²) in [6.45, 7) is 5.74. The number of phenolic OH excluding ortho intramolecular Hbond substituents is 1. The average molecular weight is 736 g/mol. The van der Waals surface area contributed by atoms with Gasteiger partial charge in [-0.1, -0.05) is 60.7 Å². The van der Waals surface area contributed by atoms with Crippen LogP contribution in [0.1, 0.15) is 72.5 Å². The molecule has 3 amide bonds. The lowest BCUT2D eigenvalue weighted by Crippen LogP contribution is -2.52. The number of nitrogens with zero attached hydrogens (tertiary/aromatic N) is 3. The van der Waals surface area contributed by atoms with Crippen LogP contribution in [0.5, 0.6) is 11.5 Å². The lowest BCUT2D eigenvalue weighted by atomic mass is 9.89. The number of hydrogen-bond donors (Lipinski definition) is 3. The van der Waals surface area contributed by atoms with Crippen LogP contribution < -0.4 is 20.3 Å². The van der Waals surface area contributed by atoms with Gasteiger partial charge >= 0.3 is 0 Å². The Morgan fingerprint density at radius 2 is 1.59 bits per heavy atom. The van der Waals surface area contributed by atoms with Crippen LogP contribution in [0.2, 0.25) is 0 Å². The number of benzene rings is 3. The van der Waals surface area contributed by atoms with Crippen molar-refractivity contribution in [2.24, 2.45) is 5.92 Å². The summed E-state index contributed by atoms with van der Waals surface area (Å²) in [5.41, 5.74) is 3.33. The minimum absolute atomic E-state index is 0.138. The normalized spacial score (nSPS) is 19.1. The summed E-state index contributed by atoms with van der Waals surface area (Å²) >= 11 is 0. The topological polar surface area (TPSA) is 124 Å². The van der Waals surface area contributed by atoms with Crippen LogP contribution in [-0.2, 0) is 16.0 Å². The highest BCUT2D eigenvalue weighted by atomic mass is 19.1. The summed E-state index contributed by atoms with van der Waals surface area (Å²) < 4.78 is 19.4. The maximum atomic E-state index is 14.1. The van der Waals surface area contributed by atoms with Crippen LogP contribution in [0.15, 0.2) is 97.2 Å². The molecule has 3 fully saturated rings. The number of nitrogens with one attached hydrogen (secondary N) is 2. The first-order valence-electron chi connectivity index (χ1n) is 19.1. The number of piperidine rings is 3. The monoisotopic (exact) mass is 735 g/mol. The fourth-order valence-electron chi connectivity index (χ4n) is 7.44. The summed E-state index contributed by atoms with van der Waals surface area (Å²) in [4.78, 5) is 44.7. The third-order valence-corrected chi connectivity index (χ3v) is 10.5. The first-order valence-corrected chi connectivity index (χ1v) is 19.1. The number of aryl methyl sites for hydroxylation is 1. The number of halogens is 1. The van der Waals surface area contributed by atoms with Crippen LogP contribution >= 0.6 is 0 Å². The molecule has 4 aromatic rings. The Bertz CT molecular complexity index is 1800. The Morgan fingerprint density at radius 3 is 2.26 bits per heavy atom. The summed E-state index contributed by atoms with van der Waals surface area (Å²) in [5.74, 6) is 0.861. The minimum Gasteiger partial charge on any atom is -0.508 e. The maximum absolute atomic E-state index is 14.1. The molecule has 0 radical (unpaired) electrons. The van der Waals surface area contributed by atoms with Gasteiger partial charge in [0, 0.05) is 38.3 Å². The number of imide groups is 1. The summed E-state index contributed by atoms with van der Waals surface area (Å²) in [7, 11) is 0. The smallest absolute Gasteiger partial charge is 0.270 e. The Balaban J connectivity index is 0.000000237. The number of ether oxygens (including phenoxy) is 1. The van der Waals surface area contributed by atoms with Gasteiger partial charge in [0.15, 0.2) is 0 Å². The number of aromatic hydroxyl groups is 1. The van der Waals surface area contributed by atoms with E-state index < -0.39 is 17.9 Å². The standard InChI is InChI=1S/C28H34FN5O3.C9H10O2.C6H6/c29-22-3-1-2-4-25(22)34-15-9-19(10-16-34)18-33-13-11-20(12-14-33)21-5-6-23(30-17-21)27(36)31-24-7-8-26(35)32-28(24)37;10-8-4-3-7-2-1-5-11-9(7)6-8;1-2-4-6-5-3-1/h1-6,17,19-20,24H,7-16,18H2,(H,31,36)(H,32,35,37);3-4,6,10H,1-2,5H2;1-6H. The zero-order chi connectivity index (χ0) is 37.7. The highest BCUT2D eigenvalue weighted by Gasteiger charge is 2.29. The molecule has 4 aliphatic rings. The molecule has 0 aliphatic carbocycles. The number of pyridine rings is 1. The highest BCUT2D eigenvalue weighted by molar-refractivity contribution is 6.03. The van der Waals surface area contributed by atoms with Gasteiger partial charge in [-0.3, -0.25) is 24.7 Å². The molecular weight excluding hydrogens is 686 g/mol. The largest absolute Gasteiger partial charge is 0.508 e. The summed E-state index contributed by atoms with van der Waals surface area (Å²) in [6, 6.07) is 27.3. The van der Waals surface area contributed by atoms with Crippen molar-refractivity contribution in [1.29, 1.82) is 0 Å². The first kappa shape index (κ1) is 38.4. The van der Waals surface area contributed by atoms with Gasteiger partial charge in [0.25, 0.3) is 5.91 Å². The lowest BCUT2D eigenvalue weighted by molar-refractivity contribution is -0.134. The van der Waals surface area contributed by atoms with Gasteiger partial charge in [-0.15, -0.1) is 0 Å². The molecule has 3 N–H and O–H groups in total. The van der Waals surface area contributed by atoms with Gasteiger partial charge in [0.05, 0.1) is 12.3 Å². The van der Waals surface area contributed by atoms with Crippen molar-refractivity contribution in [1.82, 2.24) is 20.5 Å². The van der Waals surface area contributed by atoms with Crippen LogP contribution in [0.3, 0.4) is 0 Å². The van der Waals surface area contributed by atoms with Crippen molar-refractivity contribution in [3.8, 4) is 11.5 Å². The van der Waals surface area contributed by atoms with Crippen molar-refractivity contribution in [2.45, 2.75) is 63.3 Å². The first-order chi connectivity index (χ1) is 26.3. The van der Waals surface area contributed by atoms with E-state index in [1.165, 1.54) is 11.6 Å². The number of carbonyl (C=O) groups is 3. The van der Waals surface area contributed by atoms with E-state index in [-0.39, 0.29) is 29.6 Å². The van der Waals surface area contributed by atoms with E-state index in [4.69, 9.17) is 9.84 Å². The fraction of sp³-hybridized carbons (Fsp3) is 0.395. The molecule has 0 spiro atoms. The molecule has 1 unspecified atom stereocenters. The molecule has 10 nitrogen and oxygen atoms in total. The second kappa shape index (κ2) is 19.2. The quantitative estimate of drug-likeness (QED) is 0.199. The third-order valence-electron chi connectivity index (χ3n) is 10.5. The number of phenols is 1. The van der Waals surface area contributed by atoms with Gasteiger partial charge in [0.1, 0.15) is 29.1 Å². The van der Waals surface area contributed by atoms with Crippen LogP contribution in [0.4, 0.5) is 10.1 Å². The SMILES string of the molecule is O=C1CCC(NC(=O)c2ccc(C3CCN(CC4CCN(c5ccccc5F)CC4)CC3)cn2)C(=O)N1.Oc1ccc2c(c1)OCCC2.c1ccccc1. The van der Waals surface area contributed by atoms with Crippen molar-refractivity contribution in [2.75, 3.05) is 44.2 Å². The minimum atomic E-state index is -0.706. The average Bonchev–Trinajstić information content (AvgIpc) is 3.21. The molecule has 0 saturated carbocycles. The molecule has 3 saturated heterocycles. The van der Waals surface area contributed by atoms with Crippen molar-refractivity contribution in [3.05, 3.63) is 120 Å². The zero-order valence-electron chi connectivity index (χ0n) is 30.7. The Kier molecular flexibility index (Phi) is 13.6. The number of fused-ring (bicyclic) bond motifs is 1. The second-order valence-corrected chi connectivity index (χ2v) is 14.3. The van der Waals surface area contributed by atoms with E-state index >= 15 is 0 Å². The molecule has 54 heavy (non-hydrogen) atoms. The number of hydrogen-bond acceptors (Lipinski definition) is 8. The number of likely N-dealkylation sites (tertiary alicyclic amines) is 1. The number of amides is 3. The van der Waals surface area contributed by atoms with Gasteiger partial charge in [0.2, 0.25) is 11.8 Å². The fourth-order valence-corrected chi connectivity index (χ4v) is 7.44. The van der Waals surface area contributed by atoms with Crippen LogP contribution in [0, 0.1) is 11.7 Å². The molecule has 284 valence electrons. The van der Waals surface area contributed by atoms with E-state index in [1.807, 2.05) is 60.7 Å². The molecule has 0 bridgehead atoms.